The van der Waals surface area contributed by atoms with Crippen molar-refractivity contribution in [3.8, 4) is 16.9 Å². The fraction of sp³-hybridized carbons (Fsp3) is 0.364. The van der Waals surface area contributed by atoms with Crippen molar-refractivity contribution in [2.24, 2.45) is 11.3 Å². The summed E-state index contributed by atoms with van der Waals surface area (Å²) in [4.78, 5) is 0. The van der Waals surface area contributed by atoms with Gasteiger partial charge in [0.05, 0.1) is 5.76 Å². The first-order chi connectivity index (χ1) is 10.7. The molecular weight excluding hydrogens is 280 g/mol. The lowest BCUT2D eigenvalue weighted by Crippen LogP contribution is -2.08. The highest BCUT2D eigenvalue weighted by molar-refractivity contribution is 5.64. The molecule has 0 fully saturated rings. The van der Waals surface area contributed by atoms with Gasteiger partial charge in [-0.15, -0.1) is 0 Å². The van der Waals surface area contributed by atoms with E-state index in [-0.39, 0.29) is 0 Å². The zero-order chi connectivity index (χ0) is 17.0. The molecule has 122 valence electrons. The normalized spacial score (nSPS) is 11.6. The quantitative estimate of drug-likeness (QED) is 0.573. The fourth-order valence-electron chi connectivity index (χ4n) is 2.41. The average Bonchev–Trinajstić information content (AvgIpc) is 2.47. The number of allylic oxidation sites excluding steroid dienone is 1. The molecule has 0 saturated carbocycles. The Morgan fingerprint density at radius 1 is 0.913 bits per heavy atom. The molecule has 1 heteroatoms. The molecule has 0 spiro atoms. The first kappa shape index (κ1) is 17.3. The lowest BCUT2D eigenvalue weighted by atomic mass is 9.87. The third-order valence-electron chi connectivity index (χ3n) is 3.77. The molecule has 2 aromatic rings. The van der Waals surface area contributed by atoms with Crippen molar-refractivity contribution in [2.45, 2.75) is 41.0 Å². The van der Waals surface area contributed by atoms with Crippen LogP contribution >= 0.6 is 0 Å². The molecule has 2 rings (SSSR count). The summed E-state index contributed by atoms with van der Waals surface area (Å²) in [5.41, 5.74) is 4.14. The van der Waals surface area contributed by atoms with Crippen LogP contribution in [0, 0.1) is 11.3 Å². The third kappa shape index (κ3) is 5.28. The molecule has 2 aromatic carbocycles. The molecule has 0 heterocycles. The summed E-state index contributed by atoms with van der Waals surface area (Å²) in [6.07, 6.45) is 1.09. The Labute approximate surface area is 141 Å². The van der Waals surface area contributed by atoms with Gasteiger partial charge >= 0.3 is 0 Å². The lowest BCUT2D eigenvalue weighted by molar-refractivity contribution is 0.371. The molecule has 0 bridgehead atoms. The van der Waals surface area contributed by atoms with Gasteiger partial charge in [0.15, 0.2) is 0 Å². The molecule has 0 amide bonds. The van der Waals surface area contributed by atoms with Crippen LogP contribution in [-0.2, 0) is 6.42 Å². The van der Waals surface area contributed by atoms with Crippen LogP contribution in [0.2, 0.25) is 0 Å². The van der Waals surface area contributed by atoms with Gasteiger partial charge < -0.3 is 4.74 Å². The van der Waals surface area contributed by atoms with Crippen molar-refractivity contribution < 1.29 is 4.74 Å². The van der Waals surface area contributed by atoms with E-state index in [1.165, 1.54) is 16.7 Å². The topological polar surface area (TPSA) is 9.23 Å². The van der Waals surface area contributed by atoms with Gasteiger partial charge in [-0.3, -0.25) is 0 Å². The summed E-state index contributed by atoms with van der Waals surface area (Å²) in [5, 5.41) is 0. The van der Waals surface area contributed by atoms with Gasteiger partial charge in [0.1, 0.15) is 5.75 Å². The van der Waals surface area contributed by atoms with E-state index in [0.717, 1.165) is 17.9 Å². The molecule has 0 N–H and O–H groups in total. The molecular formula is C22H28O. The molecule has 0 saturated heterocycles. The highest BCUT2D eigenvalue weighted by Gasteiger charge is 2.11. The fourth-order valence-corrected chi connectivity index (χ4v) is 2.41. The maximum atomic E-state index is 5.75. The van der Waals surface area contributed by atoms with Crippen molar-refractivity contribution >= 4 is 0 Å². The number of ether oxygens (including phenoxy) is 1. The summed E-state index contributed by atoms with van der Waals surface area (Å²) >= 11 is 0. The molecule has 0 aromatic heterocycles. The van der Waals surface area contributed by atoms with E-state index in [9.17, 15) is 0 Å². The minimum absolute atomic E-state index is 0.319. The molecule has 0 aliphatic carbocycles. The second-order valence-electron chi connectivity index (χ2n) is 7.68. The first-order valence-corrected chi connectivity index (χ1v) is 8.31. The third-order valence-corrected chi connectivity index (χ3v) is 3.77. The van der Waals surface area contributed by atoms with E-state index >= 15 is 0 Å². The van der Waals surface area contributed by atoms with E-state index in [4.69, 9.17) is 4.74 Å². The number of benzene rings is 2. The number of rotatable bonds is 5. The monoisotopic (exact) mass is 308 g/mol. The molecule has 0 aliphatic rings. The van der Waals surface area contributed by atoms with E-state index in [1.54, 1.807) is 0 Å². The van der Waals surface area contributed by atoms with Gasteiger partial charge in [0, 0.05) is 5.92 Å². The van der Waals surface area contributed by atoms with Crippen LogP contribution in [0.4, 0.5) is 0 Å². The summed E-state index contributed by atoms with van der Waals surface area (Å²) in [6, 6.07) is 17.1. The zero-order valence-electron chi connectivity index (χ0n) is 15.0. The second-order valence-corrected chi connectivity index (χ2v) is 7.68. The van der Waals surface area contributed by atoms with Crippen LogP contribution in [-0.4, -0.2) is 0 Å². The SMILES string of the molecule is C=C(Oc1ccc(-c2ccc(CC(C)(C)C)cc2)cc1)C(C)C. The number of hydrogen-bond acceptors (Lipinski definition) is 1. The first-order valence-electron chi connectivity index (χ1n) is 8.31. The highest BCUT2D eigenvalue weighted by atomic mass is 16.5. The molecule has 0 aliphatic heterocycles. The summed E-state index contributed by atoms with van der Waals surface area (Å²) in [5.74, 6) is 1.96. The molecule has 0 atom stereocenters. The number of hydrogen-bond donors (Lipinski definition) is 0. The van der Waals surface area contributed by atoms with Crippen LogP contribution in [0.1, 0.15) is 40.2 Å². The van der Waals surface area contributed by atoms with E-state index in [1.807, 2.05) is 12.1 Å². The Bertz CT molecular complexity index is 640. The molecule has 1 nitrogen and oxygen atoms in total. The Morgan fingerprint density at radius 3 is 1.83 bits per heavy atom. The average molecular weight is 308 g/mol. The van der Waals surface area contributed by atoms with Crippen LogP contribution < -0.4 is 4.74 Å². The van der Waals surface area contributed by atoms with Gasteiger partial charge in [0.2, 0.25) is 0 Å². The van der Waals surface area contributed by atoms with Crippen LogP contribution in [0.25, 0.3) is 11.1 Å². The minimum atomic E-state index is 0.319. The van der Waals surface area contributed by atoms with Gasteiger partial charge in [-0.2, -0.15) is 0 Å². The van der Waals surface area contributed by atoms with Crippen LogP contribution in [0.3, 0.4) is 0 Å². The van der Waals surface area contributed by atoms with Gasteiger partial charge in [-0.1, -0.05) is 77.6 Å². The van der Waals surface area contributed by atoms with Crippen molar-refractivity contribution in [3.63, 3.8) is 0 Å². The predicted molar refractivity (Wildman–Crippen MR) is 99.6 cm³/mol. The minimum Gasteiger partial charge on any atom is -0.462 e. The molecule has 23 heavy (non-hydrogen) atoms. The Kier molecular flexibility index (Phi) is 5.30. The van der Waals surface area contributed by atoms with Crippen molar-refractivity contribution in [1.82, 2.24) is 0 Å². The Balaban J connectivity index is 2.09. The van der Waals surface area contributed by atoms with Gasteiger partial charge in [-0.25, -0.2) is 0 Å². The van der Waals surface area contributed by atoms with Crippen LogP contribution in [0.5, 0.6) is 5.75 Å². The second kappa shape index (κ2) is 7.04. The lowest BCUT2D eigenvalue weighted by Gasteiger charge is -2.18. The molecule has 0 unspecified atom stereocenters. The molecule has 0 radical (unpaired) electrons. The largest absolute Gasteiger partial charge is 0.462 e. The summed E-state index contributed by atoms with van der Waals surface area (Å²) in [7, 11) is 0. The van der Waals surface area contributed by atoms with Crippen LogP contribution in [0.15, 0.2) is 60.9 Å². The van der Waals surface area contributed by atoms with E-state index in [0.29, 0.717) is 11.3 Å². The Hall–Kier alpha value is -2.02. The predicted octanol–water partition coefficient (Wildman–Crippen LogP) is 6.49. The zero-order valence-corrected chi connectivity index (χ0v) is 15.0. The standard InChI is InChI=1S/C22H28O/c1-16(2)17(3)23-21-13-11-20(12-14-21)19-9-7-18(8-10-19)15-22(4,5)6/h7-14,16H,3,15H2,1-2,4-6H3. The summed E-state index contributed by atoms with van der Waals surface area (Å²) in [6.45, 7) is 14.9. The van der Waals surface area contributed by atoms with Gasteiger partial charge in [0.25, 0.3) is 0 Å². The van der Waals surface area contributed by atoms with Crippen molar-refractivity contribution in [1.29, 1.82) is 0 Å². The highest BCUT2D eigenvalue weighted by Crippen LogP contribution is 2.26. The van der Waals surface area contributed by atoms with Crippen molar-refractivity contribution in [3.05, 3.63) is 66.4 Å². The van der Waals surface area contributed by atoms with E-state index in [2.05, 4.69) is 77.6 Å². The maximum Gasteiger partial charge on any atom is 0.126 e. The Morgan fingerprint density at radius 2 is 1.39 bits per heavy atom. The smallest absolute Gasteiger partial charge is 0.126 e. The maximum absolute atomic E-state index is 5.75. The van der Waals surface area contributed by atoms with E-state index < -0.39 is 0 Å². The van der Waals surface area contributed by atoms with Gasteiger partial charge in [-0.05, 0) is 40.7 Å². The summed E-state index contributed by atoms with van der Waals surface area (Å²) < 4.78 is 5.75. The van der Waals surface area contributed by atoms with Crippen molar-refractivity contribution in [2.75, 3.05) is 0 Å².